The molecule has 23 heavy (non-hydrogen) atoms. The van der Waals surface area contributed by atoms with Crippen molar-refractivity contribution in [3.63, 3.8) is 0 Å². The van der Waals surface area contributed by atoms with Gasteiger partial charge in [0.15, 0.2) is 0 Å². The Bertz CT molecular complexity index is 510. The molecular formula is C15H23ClN4O3. The smallest absolute Gasteiger partial charge is 0.319 e. The molecular weight excluding hydrogens is 320 g/mol. The number of nitrogens with one attached hydrogen (secondary N) is 2. The maximum atomic E-state index is 11.0. The van der Waals surface area contributed by atoms with E-state index in [1.54, 1.807) is 6.20 Å². The Hall–Kier alpha value is -1.44. The molecule has 2 atom stereocenters. The lowest BCUT2D eigenvalue weighted by atomic mass is 10.2. The molecule has 0 unspecified atom stereocenters. The summed E-state index contributed by atoms with van der Waals surface area (Å²) in [5, 5.41) is 6.44. The predicted octanol–water partition coefficient (Wildman–Crippen LogP) is 0.648. The first kappa shape index (κ1) is 17.9. The van der Waals surface area contributed by atoms with Crippen LogP contribution in [0.1, 0.15) is 30.9 Å². The molecule has 0 bridgehead atoms. The number of methoxy groups -OCH3 is 1. The summed E-state index contributed by atoms with van der Waals surface area (Å²) in [5.41, 5.74) is 1.07. The molecule has 1 saturated carbocycles. The second kappa shape index (κ2) is 8.42. The number of halogens is 1. The Morgan fingerprint density at radius 2 is 2.22 bits per heavy atom. The number of ether oxygens (including phenoxy) is 2. The van der Waals surface area contributed by atoms with E-state index >= 15 is 0 Å². The Balaban J connectivity index is 0.00000192. The molecule has 1 aliphatic carbocycles. The summed E-state index contributed by atoms with van der Waals surface area (Å²) in [6.07, 6.45) is 6.95. The van der Waals surface area contributed by atoms with Crippen molar-refractivity contribution in [2.24, 2.45) is 0 Å². The standard InChI is InChI=1S/C15H22N4O3.ClH/c1-21-15(20)9-16-5-11-4-12(6-17-11)22-14-8-18-13(7-19-14)10-2-3-10;/h7-8,10-12,16-17H,2-6,9H2,1H3;1H/t11-,12+;/m0./s1. The molecule has 8 heteroatoms. The van der Waals surface area contributed by atoms with Gasteiger partial charge >= 0.3 is 5.97 Å². The fourth-order valence-electron chi connectivity index (χ4n) is 2.60. The molecule has 2 heterocycles. The van der Waals surface area contributed by atoms with E-state index in [2.05, 4.69) is 25.3 Å². The molecule has 1 aliphatic heterocycles. The Morgan fingerprint density at radius 3 is 2.87 bits per heavy atom. The number of aromatic nitrogens is 2. The van der Waals surface area contributed by atoms with Crippen molar-refractivity contribution >= 4 is 18.4 Å². The number of hydrogen-bond acceptors (Lipinski definition) is 7. The van der Waals surface area contributed by atoms with Gasteiger partial charge in [0.1, 0.15) is 6.10 Å². The van der Waals surface area contributed by atoms with Crippen molar-refractivity contribution in [3.05, 3.63) is 18.1 Å². The van der Waals surface area contributed by atoms with E-state index in [4.69, 9.17) is 4.74 Å². The van der Waals surface area contributed by atoms with Crippen LogP contribution in [0.2, 0.25) is 0 Å². The lowest BCUT2D eigenvalue weighted by Crippen LogP contribution is -2.36. The van der Waals surface area contributed by atoms with Gasteiger partial charge < -0.3 is 20.1 Å². The minimum Gasteiger partial charge on any atom is -0.472 e. The first-order valence-corrected chi connectivity index (χ1v) is 7.74. The second-order valence-electron chi connectivity index (χ2n) is 5.84. The van der Waals surface area contributed by atoms with E-state index in [0.29, 0.717) is 18.3 Å². The molecule has 2 aliphatic rings. The molecule has 1 saturated heterocycles. The second-order valence-corrected chi connectivity index (χ2v) is 5.84. The molecule has 0 aromatic carbocycles. The maximum absolute atomic E-state index is 11.0. The predicted molar refractivity (Wildman–Crippen MR) is 87.0 cm³/mol. The number of rotatable bonds is 7. The zero-order valence-corrected chi connectivity index (χ0v) is 14.0. The average Bonchev–Trinajstić information content (AvgIpc) is 3.29. The van der Waals surface area contributed by atoms with Gasteiger partial charge in [-0.15, -0.1) is 12.4 Å². The van der Waals surface area contributed by atoms with E-state index in [-0.39, 0.29) is 37.1 Å². The van der Waals surface area contributed by atoms with Crippen LogP contribution in [0.5, 0.6) is 5.88 Å². The van der Waals surface area contributed by atoms with E-state index in [1.807, 2.05) is 6.20 Å². The summed E-state index contributed by atoms with van der Waals surface area (Å²) < 4.78 is 10.4. The van der Waals surface area contributed by atoms with E-state index in [1.165, 1.54) is 20.0 Å². The van der Waals surface area contributed by atoms with Gasteiger partial charge in [-0.25, -0.2) is 4.98 Å². The molecule has 0 spiro atoms. The van der Waals surface area contributed by atoms with E-state index in [0.717, 1.165) is 18.7 Å². The van der Waals surface area contributed by atoms with Gasteiger partial charge in [0.05, 0.1) is 31.7 Å². The third-order valence-corrected chi connectivity index (χ3v) is 4.00. The topological polar surface area (TPSA) is 85.4 Å². The van der Waals surface area contributed by atoms with Crippen LogP contribution in [-0.4, -0.2) is 54.8 Å². The molecule has 128 valence electrons. The minimum absolute atomic E-state index is 0. The van der Waals surface area contributed by atoms with Crippen LogP contribution >= 0.6 is 12.4 Å². The number of esters is 1. The van der Waals surface area contributed by atoms with Gasteiger partial charge in [-0.3, -0.25) is 9.78 Å². The first-order valence-electron chi connectivity index (χ1n) is 7.74. The van der Waals surface area contributed by atoms with Gasteiger partial charge in [-0.2, -0.15) is 0 Å². The fourth-order valence-corrected chi connectivity index (χ4v) is 2.60. The number of carbonyl (C=O) groups is 1. The quantitative estimate of drug-likeness (QED) is 0.703. The summed E-state index contributed by atoms with van der Waals surface area (Å²) in [5.74, 6) is 0.941. The summed E-state index contributed by atoms with van der Waals surface area (Å²) in [7, 11) is 1.39. The molecule has 0 radical (unpaired) electrons. The molecule has 2 N–H and O–H groups in total. The van der Waals surface area contributed by atoms with E-state index < -0.39 is 0 Å². The van der Waals surface area contributed by atoms with Crippen molar-refractivity contribution in [2.75, 3.05) is 26.7 Å². The van der Waals surface area contributed by atoms with Crippen molar-refractivity contribution in [1.29, 1.82) is 0 Å². The van der Waals surface area contributed by atoms with Crippen LogP contribution < -0.4 is 15.4 Å². The van der Waals surface area contributed by atoms with Crippen LogP contribution in [-0.2, 0) is 9.53 Å². The van der Waals surface area contributed by atoms with E-state index in [9.17, 15) is 4.79 Å². The average molecular weight is 343 g/mol. The molecule has 1 aromatic heterocycles. The Labute approximate surface area is 142 Å². The third-order valence-electron chi connectivity index (χ3n) is 4.00. The first-order chi connectivity index (χ1) is 10.7. The minimum atomic E-state index is -0.253. The zero-order chi connectivity index (χ0) is 15.4. The van der Waals surface area contributed by atoms with Crippen molar-refractivity contribution in [2.45, 2.75) is 37.3 Å². The highest BCUT2D eigenvalue weighted by atomic mass is 35.5. The highest BCUT2D eigenvalue weighted by Gasteiger charge is 2.27. The largest absolute Gasteiger partial charge is 0.472 e. The lowest BCUT2D eigenvalue weighted by molar-refractivity contribution is -0.139. The van der Waals surface area contributed by atoms with Crippen molar-refractivity contribution in [1.82, 2.24) is 20.6 Å². The number of hydrogen-bond donors (Lipinski definition) is 2. The lowest BCUT2D eigenvalue weighted by Gasteiger charge is -2.12. The zero-order valence-electron chi connectivity index (χ0n) is 13.2. The molecule has 2 fully saturated rings. The van der Waals surface area contributed by atoms with Gasteiger partial charge in [0.25, 0.3) is 0 Å². The Kier molecular flexibility index (Phi) is 6.56. The fraction of sp³-hybridized carbons (Fsp3) is 0.667. The van der Waals surface area contributed by atoms with Crippen molar-refractivity contribution in [3.8, 4) is 5.88 Å². The van der Waals surface area contributed by atoms with Crippen LogP contribution in [0.3, 0.4) is 0 Å². The highest BCUT2D eigenvalue weighted by Crippen LogP contribution is 2.38. The highest BCUT2D eigenvalue weighted by molar-refractivity contribution is 5.85. The molecule has 7 nitrogen and oxygen atoms in total. The number of carbonyl (C=O) groups excluding carboxylic acids is 1. The number of nitrogens with zero attached hydrogens (tertiary/aromatic N) is 2. The summed E-state index contributed by atoms with van der Waals surface area (Å²) in [6, 6.07) is 0.286. The van der Waals surface area contributed by atoms with Crippen molar-refractivity contribution < 1.29 is 14.3 Å². The molecule has 1 aromatic rings. The van der Waals surface area contributed by atoms with Gasteiger partial charge in [0, 0.05) is 31.5 Å². The normalized spacial score (nSPS) is 23.2. The van der Waals surface area contributed by atoms with Gasteiger partial charge in [-0.05, 0) is 12.8 Å². The SMILES string of the molecule is COC(=O)CNC[C@@H]1C[C@@H](Oc2cnc(C3CC3)cn2)CN1.Cl. The van der Waals surface area contributed by atoms with Crippen LogP contribution in [0.25, 0.3) is 0 Å². The molecule has 0 amide bonds. The summed E-state index contributed by atoms with van der Waals surface area (Å²) in [4.78, 5) is 19.8. The van der Waals surface area contributed by atoms with Crippen LogP contribution in [0.4, 0.5) is 0 Å². The van der Waals surface area contributed by atoms with Gasteiger partial charge in [0.2, 0.25) is 5.88 Å². The molecule has 3 rings (SSSR count). The van der Waals surface area contributed by atoms with Crippen LogP contribution in [0, 0.1) is 0 Å². The Morgan fingerprint density at radius 1 is 1.39 bits per heavy atom. The monoisotopic (exact) mass is 342 g/mol. The van der Waals surface area contributed by atoms with Crippen LogP contribution in [0.15, 0.2) is 12.4 Å². The maximum Gasteiger partial charge on any atom is 0.319 e. The third kappa shape index (κ3) is 5.30. The van der Waals surface area contributed by atoms with Gasteiger partial charge in [-0.1, -0.05) is 0 Å². The summed E-state index contributed by atoms with van der Waals surface area (Å²) in [6.45, 7) is 1.71. The summed E-state index contributed by atoms with van der Waals surface area (Å²) >= 11 is 0.